The van der Waals surface area contributed by atoms with Gasteiger partial charge in [0.2, 0.25) is 0 Å². The van der Waals surface area contributed by atoms with Crippen molar-refractivity contribution in [2.75, 3.05) is 6.54 Å². The monoisotopic (exact) mass is 271 g/mol. The Labute approximate surface area is 114 Å². The van der Waals surface area contributed by atoms with Crippen molar-refractivity contribution >= 4 is 0 Å². The molecule has 0 amide bonds. The average molecular weight is 271 g/mol. The van der Waals surface area contributed by atoms with Gasteiger partial charge in [0.25, 0.3) is 0 Å². The van der Waals surface area contributed by atoms with E-state index in [1.54, 1.807) is 12.1 Å². The van der Waals surface area contributed by atoms with Crippen LogP contribution in [0.25, 0.3) is 0 Å². The van der Waals surface area contributed by atoms with Crippen LogP contribution in [0.4, 0.5) is 8.78 Å². The van der Waals surface area contributed by atoms with E-state index < -0.39 is 6.61 Å². The Bertz CT molecular complexity index is 352. The fraction of sp³-hybridized carbons (Fsp3) is 0.600. The van der Waals surface area contributed by atoms with Gasteiger partial charge in [-0.05, 0) is 43.0 Å². The van der Waals surface area contributed by atoms with Gasteiger partial charge in [0.15, 0.2) is 0 Å². The lowest BCUT2D eigenvalue weighted by atomic mass is 9.97. The van der Waals surface area contributed by atoms with E-state index in [4.69, 9.17) is 0 Å². The zero-order valence-electron chi connectivity index (χ0n) is 11.8. The van der Waals surface area contributed by atoms with Crippen molar-refractivity contribution in [3.8, 4) is 5.75 Å². The molecule has 1 N–H and O–H groups in total. The second kappa shape index (κ2) is 8.10. The van der Waals surface area contributed by atoms with Crippen molar-refractivity contribution in [3.63, 3.8) is 0 Å². The fourth-order valence-corrected chi connectivity index (χ4v) is 2.01. The van der Waals surface area contributed by atoms with E-state index in [9.17, 15) is 8.78 Å². The normalized spacial score (nSPS) is 13.0. The van der Waals surface area contributed by atoms with Gasteiger partial charge in [-0.15, -0.1) is 0 Å². The highest BCUT2D eigenvalue weighted by Crippen LogP contribution is 2.24. The maximum absolute atomic E-state index is 12.1. The summed E-state index contributed by atoms with van der Waals surface area (Å²) < 4.78 is 28.5. The van der Waals surface area contributed by atoms with Crippen LogP contribution in [0.5, 0.6) is 5.75 Å². The molecular weight excluding hydrogens is 248 g/mol. The predicted molar refractivity (Wildman–Crippen MR) is 73.6 cm³/mol. The fourth-order valence-electron chi connectivity index (χ4n) is 2.01. The lowest BCUT2D eigenvalue weighted by Crippen LogP contribution is -2.23. The van der Waals surface area contributed by atoms with Gasteiger partial charge >= 0.3 is 6.61 Å². The van der Waals surface area contributed by atoms with E-state index in [-0.39, 0.29) is 11.8 Å². The molecule has 1 atom stereocenters. The summed E-state index contributed by atoms with van der Waals surface area (Å²) in [4.78, 5) is 0. The zero-order chi connectivity index (χ0) is 14.3. The van der Waals surface area contributed by atoms with Crippen molar-refractivity contribution in [1.82, 2.24) is 5.32 Å². The molecule has 4 heteroatoms. The lowest BCUT2D eigenvalue weighted by molar-refractivity contribution is -0.0498. The van der Waals surface area contributed by atoms with E-state index in [0.29, 0.717) is 5.92 Å². The van der Waals surface area contributed by atoms with Crippen LogP contribution in [0.3, 0.4) is 0 Å². The molecule has 0 spiro atoms. The summed E-state index contributed by atoms with van der Waals surface area (Å²) >= 11 is 0. The summed E-state index contributed by atoms with van der Waals surface area (Å²) in [6.45, 7) is 4.66. The maximum Gasteiger partial charge on any atom is 0.387 e. The standard InChI is InChI=1S/C15H23F2NO/c1-4-9-18-14(10-11(2)3)12-5-7-13(8-6-12)19-15(16)17/h5-8,11,14-15,18H,4,9-10H2,1-3H3. The number of benzene rings is 1. The molecular formula is C15H23F2NO. The van der Waals surface area contributed by atoms with Gasteiger partial charge in [0, 0.05) is 6.04 Å². The summed E-state index contributed by atoms with van der Waals surface area (Å²) in [5, 5.41) is 3.49. The Kier molecular flexibility index (Phi) is 6.78. The zero-order valence-corrected chi connectivity index (χ0v) is 11.8. The lowest BCUT2D eigenvalue weighted by Gasteiger charge is -2.21. The molecule has 1 aromatic carbocycles. The Morgan fingerprint density at radius 2 is 1.79 bits per heavy atom. The average Bonchev–Trinajstić information content (AvgIpc) is 2.34. The highest BCUT2D eigenvalue weighted by molar-refractivity contribution is 5.29. The molecule has 0 radical (unpaired) electrons. The van der Waals surface area contributed by atoms with Crippen LogP contribution in [0, 0.1) is 5.92 Å². The first-order valence-corrected chi connectivity index (χ1v) is 6.81. The topological polar surface area (TPSA) is 21.3 Å². The SMILES string of the molecule is CCCNC(CC(C)C)c1ccc(OC(F)F)cc1. The van der Waals surface area contributed by atoms with Gasteiger partial charge < -0.3 is 10.1 Å². The van der Waals surface area contributed by atoms with Crippen LogP contribution >= 0.6 is 0 Å². The maximum atomic E-state index is 12.1. The molecule has 0 saturated carbocycles. The van der Waals surface area contributed by atoms with E-state index in [1.165, 1.54) is 0 Å². The van der Waals surface area contributed by atoms with Crippen molar-refractivity contribution in [2.45, 2.75) is 46.3 Å². The molecule has 0 aliphatic heterocycles. The molecule has 0 aromatic heterocycles. The summed E-state index contributed by atoms with van der Waals surface area (Å²) in [6.07, 6.45) is 2.09. The summed E-state index contributed by atoms with van der Waals surface area (Å²) in [5.41, 5.74) is 1.11. The summed E-state index contributed by atoms with van der Waals surface area (Å²) in [5.74, 6) is 0.781. The molecule has 19 heavy (non-hydrogen) atoms. The van der Waals surface area contributed by atoms with Crippen molar-refractivity contribution in [2.24, 2.45) is 5.92 Å². The molecule has 0 aliphatic rings. The van der Waals surface area contributed by atoms with Gasteiger partial charge in [-0.25, -0.2) is 0 Å². The predicted octanol–water partition coefficient (Wildman–Crippen LogP) is 4.37. The molecule has 0 heterocycles. The van der Waals surface area contributed by atoms with Crippen LogP contribution in [-0.2, 0) is 0 Å². The minimum atomic E-state index is -2.77. The quantitative estimate of drug-likeness (QED) is 0.758. The summed E-state index contributed by atoms with van der Waals surface area (Å²) in [7, 11) is 0. The van der Waals surface area contributed by atoms with Crippen molar-refractivity contribution in [3.05, 3.63) is 29.8 Å². The number of rotatable bonds is 8. The second-order valence-corrected chi connectivity index (χ2v) is 5.08. The minimum absolute atomic E-state index is 0.206. The first kappa shape index (κ1) is 15.9. The van der Waals surface area contributed by atoms with Crippen LogP contribution in [-0.4, -0.2) is 13.2 Å². The molecule has 0 aliphatic carbocycles. The molecule has 1 unspecified atom stereocenters. The Morgan fingerprint density at radius 1 is 1.16 bits per heavy atom. The van der Waals surface area contributed by atoms with Gasteiger partial charge in [0.1, 0.15) is 5.75 Å². The Hall–Kier alpha value is -1.16. The summed E-state index contributed by atoms with van der Waals surface area (Å²) in [6, 6.07) is 7.17. The molecule has 2 nitrogen and oxygen atoms in total. The smallest absolute Gasteiger partial charge is 0.387 e. The van der Waals surface area contributed by atoms with E-state index in [0.717, 1.165) is 24.9 Å². The largest absolute Gasteiger partial charge is 0.435 e. The van der Waals surface area contributed by atoms with Gasteiger partial charge in [-0.2, -0.15) is 8.78 Å². The highest BCUT2D eigenvalue weighted by atomic mass is 19.3. The Morgan fingerprint density at radius 3 is 2.26 bits per heavy atom. The molecule has 108 valence electrons. The molecule has 0 saturated heterocycles. The van der Waals surface area contributed by atoms with Gasteiger partial charge in [0.05, 0.1) is 0 Å². The molecule has 1 rings (SSSR count). The number of hydrogen-bond donors (Lipinski definition) is 1. The van der Waals surface area contributed by atoms with Crippen LogP contribution in [0.1, 0.15) is 45.2 Å². The third-order valence-electron chi connectivity index (χ3n) is 2.86. The number of nitrogens with one attached hydrogen (secondary N) is 1. The van der Waals surface area contributed by atoms with Crippen LogP contribution in [0.15, 0.2) is 24.3 Å². The first-order valence-electron chi connectivity index (χ1n) is 6.81. The molecule has 0 bridgehead atoms. The first-order chi connectivity index (χ1) is 9.02. The number of hydrogen-bond acceptors (Lipinski definition) is 2. The third-order valence-corrected chi connectivity index (χ3v) is 2.86. The van der Waals surface area contributed by atoms with E-state index >= 15 is 0 Å². The van der Waals surface area contributed by atoms with E-state index in [1.807, 2.05) is 12.1 Å². The van der Waals surface area contributed by atoms with Crippen LogP contribution in [0.2, 0.25) is 0 Å². The van der Waals surface area contributed by atoms with Crippen molar-refractivity contribution < 1.29 is 13.5 Å². The van der Waals surface area contributed by atoms with Gasteiger partial charge in [-0.3, -0.25) is 0 Å². The number of halogens is 2. The van der Waals surface area contributed by atoms with Crippen molar-refractivity contribution in [1.29, 1.82) is 0 Å². The minimum Gasteiger partial charge on any atom is -0.435 e. The third kappa shape index (κ3) is 6.01. The molecule has 1 aromatic rings. The van der Waals surface area contributed by atoms with Gasteiger partial charge in [-0.1, -0.05) is 32.9 Å². The number of alkyl halides is 2. The van der Waals surface area contributed by atoms with Crippen LogP contribution < -0.4 is 10.1 Å². The highest BCUT2D eigenvalue weighted by Gasteiger charge is 2.13. The van der Waals surface area contributed by atoms with E-state index in [2.05, 4.69) is 30.8 Å². The Balaban J connectivity index is 2.72. The second-order valence-electron chi connectivity index (χ2n) is 5.08. The molecule has 0 fully saturated rings. The number of ether oxygens (including phenoxy) is 1.